The monoisotopic (exact) mass is 426 g/mol. The molecular weight excluding hydrogens is 399 g/mol. The maximum Gasteiger partial charge on any atom is 0.151 e. The van der Waals surface area contributed by atoms with Crippen LogP contribution in [-0.2, 0) is 4.74 Å². The fourth-order valence-corrected chi connectivity index (χ4v) is 3.36. The molecule has 0 radical (unpaired) electrons. The Kier molecular flexibility index (Phi) is 8.95. The summed E-state index contributed by atoms with van der Waals surface area (Å²) in [4.78, 5) is 6.43. The quantitative estimate of drug-likeness (QED) is 0.145. The third-order valence-corrected chi connectivity index (χ3v) is 5.01. The van der Waals surface area contributed by atoms with Gasteiger partial charge in [0, 0.05) is 32.0 Å². The van der Waals surface area contributed by atoms with Crippen LogP contribution >= 0.6 is 11.8 Å². The standard InChI is InChI=1S/C23H27FN4OS/c1-7-16(3)25-23(30-17(4)29-8-2)18-9-14-22(21(24)15-18)27-26-19-10-12-20(13-11-19)28(5)6/h7,9-15,17H,1,3,8H2,2,4-6H3/b25-23-,27-26+. The van der Waals surface area contributed by atoms with Crippen molar-refractivity contribution in [3.63, 3.8) is 0 Å². The minimum Gasteiger partial charge on any atom is -0.378 e. The Bertz CT molecular complexity index is 939. The Labute approximate surface area is 182 Å². The molecule has 30 heavy (non-hydrogen) atoms. The molecule has 0 fully saturated rings. The normalized spacial score (nSPS) is 12.8. The summed E-state index contributed by atoms with van der Waals surface area (Å²) in [5.41, 5.74) is 2.82. The van der Waals surface area contributed by atoms with E-state index in [0.29, 0.717) is 28.6 Å². The van der Waals surface area contributed by atoms with E-state index in [-0.39, 0.29) is 11.1 Å². The molecule has 0 bridgehead atoms. The van der Waals surface area contributed by atoms with Gasteiger partial charge >= 0.3 is 0 Å². The maximum atomic E-state index is 14.7. The zero-order chi connectivity index (χ0) is 22.1. The largest absolute Gasteiger partial charge is 0.378 e. The van der Waals surface area contributed by atoms with Crippen molar-refractivity contribution in [2.24, 2.45) is 15.2 Å². The highest BCUT2D eigenvalue weighted by molar-refractivity contribution is 8.14. The molecule has 0 aliphatic rings. The number of ether oxygens (including phenoxy) is 1. The van der Waals surface area contributed by atoms with Gasteiger partial charge in [0.2, 0.25) is 0 Å². The number of benzene rings is 2. The van der Waals surface area contributed by atoms with Crippen LogP contribution in [0.5, 0.6) is 0 Å². The predicted molar refractivity (Wildman–Crippen MR) is 126 cm³/mol. The summed E-state index contributed by atoms with van der Waals surface area (Å²) in [6, 6.07) is 12.3. The predicted octanol–water partition coefficient (Wildman–Crippen LogP) is 6.87. The molecule has 0 saturated heterocycles. The van der Waals surface area contributed by atoms with Crippen molar-refractivity contribution >= 4 is 33.9 Å². The molecule has 0 spiro atoms. The summed E-state index contributed by atoms with van der Waals surface area (Å²) in [6.45, 7) is 11.9. The highest BCUT2D eigenvalue weighted by Gasteiger charge is 2.13. The first-order valence-electron chi connectivity index (χ1n) is 9.51. The maximum absolute atomic E-state index is 14.7. The molecule has 5 nitrogen and oxygen atoms in total. The SMILES string of the molecule is C=CC(=C)/N=C(\SC(C)OCC)c1ccc(/N=N/c2ccc(N(C)C)cc2)c(F)c1. The van der Waals surface area contributed by atoms with E-state index in [0.717, 1.165) is 5.69 Å². The molecule has 2 aromatic rings. The number of azo groups is 1. The van der Waals surface area contributed by atoms with Gasteiger partial charge in [-0.15, -0.1) is 5.11 Å². The lowest BCUT2D eigenvalue weighted by Crippen LogP contribution is -2.08. The Morgan fingerprint density at radius 1 is 1.20 bits per heavy atom. The lowest BCUT2D eigenvalue weighted by atomic mass is 10.2. The Morgan fingerprint density at radius 3 is 2.47 bits per heavy atom. The first-order chi connectivity index (χ1) is 14.3. The Morgan fingerprint density at radius 2 is 1.90 bits per heavy atom. The smallest absolute Gasteiger partial charge is 0.151 e. The third-order valence-electron chi connectivity index (χ3n) is 3.99. The van der Waals surface area contributed by atoms with Crippen molar-refractivity contribution in [3.05, 3.63) is 78.8 Å². The summed E-state index contributed by atoms with van der Waals surface area (Å²) >= 11 is 1.39. The average molecular weight is 427 g/mol. The summed E-state index contributed by atoms with van der Waals surface area (Å²) in [7, 11) is 3.92. The number of hydrogen-bond acceptors (Lipinski definition) is 6. The van der Waals surface area contributed by atoms with Crippen LogP contribution in [0.2, 0.25) is 0 Å². The van der Waals surface area contributed by atoms with Crippen molar-refractivity contribution in [3.8, 4) is 0 Å². The zero-order valence-corrected chi connectivity index (χ0v) is 18.6. The molecule has 0 amide bonds. The highest BCUT2D eigenvalue weighted by Crippen LogP contribution is 2.27. The fourth-order valence-electron chi connectivity index (χ4n) is 2.41. The van der Waals surface area contributed by atoms with Crippen LogP contribution in [-0.4, -0.2) is 31.2 Å². The van der Waals surface area contributed by atoms with Crippen molar-refractivity contribution in [2.75, 3.05) is 25.6 Å². The van der Waals surface area contributed by atoms with E-state index in [9.17, 15) is 4.39 Å². The van der Waals surface area contributed by atoms with Crippen LogP contribution in [0.4, 0.5) is 21.5 Å². The van der Waals surface area contributed by atoms with Crippen molar-refractivity contribution in [1.82, 2.24) is 0 Å². The first kappa shape index (κ1) is 23.5. The van der Waals surface area contributed by atoms with Gasteiger partial charge in [0.15, 0.2) is 5.82 Å². The van der Waals surface area contributed by atoms with Crippen LogP contribution < -0.4 is 4.90 Å². The van der Waals surface area contributed by atoms with Crippen LogP contribution in [0, 0.1) is 5.82 Å². The molecule has 0 aliphatic heterocycles. The van der Waals surface area contributed by atoms with Gasteiger partial charge < -0.3 is 9.64 Å². The molecule has 1 atom stereocenters. The van der Waals surface area contributed by atoms with Crippen LogP contribution in [0.3, 0.4) is 0 Å². The van der Waals surface area contributed by atoms with Gasteiger partial charge in [0.25, 0.3) is 0 Å². The molecule has 0 heterocycles. The van der Waals surface area contributed by atoms with Gasteiger partial charge in [-0.25, -0.2) is 9.38 Å². The number of allylic oxidation sites excluding steroid dienone is 1. The van der Waals surface area contributed by atoms with E-state index >= 15 is 0 Å². The third kappa shape index (κ3) is 6.93. The lowest BCUT2D eigenvalue weighted by Gasteiger charge is -2.14. The molecule has 0 aliphatic carbocycles. The summed E-state index contributed by atoms with van der Waals surface area (Å²) in [5, 5.41) is 8.78. The second-order valence-corrected chi connectivity index (χ2v) is 7.82. The number of hydrogen-bond donors (Lipinski definition) is 0. The van der Waals surface area contributed by atoms with Crippen LogP contribution in [0.15, 0.2) is 82.6 Å². The Hall–Kier alpha value is -2.77. The second-order valence-electron chi connectivity index (χ2n) is 6.53. The highest BCUT2D eigenvalue weighted by atomic mass is 32.2. The molecule has 1 unspecified atom stereocenters. The van der Waals surface area contributed by atoms with Gasteiger partial charge in [-0.3, -0.25) is 0 Å². The number of nitrogens with zero attached hydrogens (tertiary/aromatic N) is 4. The summed E-state index contributed by atoms with van der Waals surface area (Å²) in [6.07, 6.45) is 1.55. The fraction of sp³-hybridized carbons (Fsp3) is 0.261. The van der Waals surface area contributed by atoms with E-state index < -0.39 is 5.82 Å². The van der Waals surface area contributed by atoms with Crippen LogP contribution in [0.25, 0.3) is 0 Å². The average Bonchev–Trinajstić information content (AvgIpc) is 2.72. The molecule has 0 aromatic heterocycles. The van der Waals surface area contributed by atoms with Crippen molar-refractivity contribution in [1.29, 1.82) is 0 Å². The number of anilines is 1. The number of aliphatic imine (C=N–C) groups is 1. The number of thioether (sulfide) groups is 1. The van der Waals surface area contributed by atoms with E-state index in [1.54, 1.807) is 18.2 Å². The molecular formula is C23H27FN4OS. The molecule has 7 heteroatoms. The summed E-state index contributed by atoms with van der Waals surface area (Å²) < 4.78 is 20.3. The van der Waals surface area contributed by atoms with Gasteiger partial charge in [-0.05, 0) is 62.4 Å². The van der Waals surface area contributed by atoms with Gasteiger partial charge in [0.1, 0.15) is 16.2 Å². The minimum atomic E-state index is -0.484. The van der Waals surface area contributed by atoms with Gasteiger partial charge in [-0.1, -0.05) is 24.9 Å². The summed E-state index contributed by atoms with van der Waals surface area (Å²) in [5.74, 6) is -0.484. The first-order valence-corrected chi connectivity index (χ1v) is 10.4. The topological polar surface area (TPSA) is 49.6 Å². The molecule has 0 N–H and O–H groups in total. The van der Waals surface area contributed by atoms with E-state index in [1.807, 2.05) is 57.1 Å². The van der Waals surface area contributed by atoms with E-state index in [1.165, 1.54) is 17.8 Å². The second kappa shape index (κ2) is 11.4. The lowest BCUT2D eigenvalue weighted by molar-refractivity contribution is 0.138. The van der Waals surface area contributed by atoms with Crippen molar-refractivity contribution in [2.45, 2.75) is 19.3 Å². The molecule has 0 saturated carbocycles. The van der Waals surface area contributed by atoms with Crippen LogP contribution in [0.1, 0.15) is 19.4 Å². The number of rotatable bonds is 9. The van der Waals surface area contributed by atoms with Gasteiger partial charge in [0.05, 0.1) is 11.4 Å². The van der Waals surface area contributed by atoms with Crippen molar-refractivity contribution < 1.29 is 9.13 Å². The van der Waals surface area contributed by atoms with E-state index in [4.69, 9.17) is 4.74 Å². The van der Waals surface area contributed by atoms with Gasteiger partial charge in [-0.2, -0.15) is 5.11 Å². The Balaban J connectivity index is 2.25. The number of halogens is 1. The zero-order valence-electron chi connectivity index (χ0n) is 17.8. The molecule has 2 aromatic carbocycles. The minimum absolute atomic E-state index is 0.140. The van der Waals surface area contributed by atoms with E-state index in [2.05, 4.69) is 28.4 Å². The molecule has 2 rings (SSSR count). The molecule has 158 valence electrons.